The van der Waals surface area contributed by atoms with E-state index in [1.165, 1.54) is 0 Å². The third-order valence-electron chi connectivity index (χ3n) is 4.34. The molecule has 0 aliphatic heterocycles. The zero-order chi connectivity index (χ0) is 12.3. The number of ether oxygens (including phenoxy) is 3. The molecular weight excluding hydrogens is 220 g/mol. The first-order chi connectivity index (χ1) is 8.15. The fourth-order valence-electron chi connectivity index (χ4n) is 3.38. The van der Waals surface area contributed by atoms with Gasteiger partial charge in [-0.3, -0.25) is 0 Å². The van der Waals surface area contributed by atoms with Crippen LogP contribution in [0.2, 0.25) is 0 Å². The van der Waals surface area contributed by atoms with Crippen molar-refractivity contribution in [1.82, 2.24) is 0 Å². The average Bonchev–Trinajstić information content (AvgIpc) is 2.81. The first-order valence-electron chi connectivity index (χ1n) is 6.56. The highest BCUT2D eigenvalue weighted by molar-refractivity contribution is 5.01. The van der Waals surface area contributed by atoms with Crippen molar-refractivity contribution in [2.45, 2.75) is 44.3 Å². The predicted molar refractivity (Wildman–Crippen MR) is 63.6 cm³/mol. The van der Waals surface area contributed by atoms with Gasteiger partial charge in [-0.2, -0.15) is 0 Å². The number of hydrogen-bond acceptors (Lipinski definition) is 4. The summed E-state index contributed by atoms with van der Waals surface area (Å²) in [5.74, 6) is 0.947. The minimum Gasteiger partial charge on any atom is -0.390 e. The van der Waals surface area contributed by atoms with Gasteiger partial charge in [0.1, 0.15) is 6.79 Å². The van der Waals surface area contributed by atoms with E-state index in [-0.39, 0.29) is 6.10 Å². The molecule has 2 aliphatic carbocycles. The lowest BCUT2D eigenvalue weighted by atomic mass is 9.89. The molecule has 100 valence electrons. The van der Waals surface area contributed by atoms with E-state index in [9.17, 15) is 5.11 Å². The first kappa shape index (κ1) is 13.3. The van der Waals surface area contributed by atoms with Crippen LogP contribution >= 0.6 is 0 Å². The number of methoxy groups -OCH3 is 1. The van der Waals surface area contributed by atoms with Gasteiger partial charge in [0.2, 0.25) is 0 Å². The van der Waals surface area contributed by atoms with E-state index < -0.39 is 5.60 Å². The lowest BCUT2D eigenvalue weighted by molar-refractivity contribution is -0.109. The zero-order valence-electron chi connectivity index (χ0n) is 10.9. The van der Waals surface area contributed by atoms with Crippen molar-refractivity contribution < 1.29 is 19.3 Å². The summed E-state index contributed by atoms with van der Waals surface area (Å²) in [7, 11) is 1.66. The van der Waals surface area contributed by atoms with Crippen LogP contribution in [0.1, 0.15) is 32.6 Å². The molecule has 0 aromatic heterocycles. The first-order valence-corrected chi connectivity index (χ1v) is 6.56. The van der Waals surface area contributed by atoms with Gasteiger partial charge in [-0.05, 0) is 44.4 Å². The SMILES string of the molecule is COCCOCO[C@H]1CC[C@H]2[C@@H]1CC[C@@]2(C)O. The zero-order valence-corrected chi connectivity index (χ0v) is 10.9. The van der Waals surface area contributed by atoms with Gasteiger partial charge in [-0.1, -0.05) is 0 Å². The van der Waals surface area contributed by atoms with Crippen molar-refractivity contribution in [3.63, 3.8) is 0 Å². The molecule has 0 heterocycles. The van der Waals surface area contributed by atoms with Gasteiger partial charge >= 0.3 is 0 Å². The highest BCUT2D eigenvalue weighted by Gasteiger charge is 2.50. The van der Waals surface area contributed by atoms with Crippen LogP contribution in [0, 0.1) is 11.8 Å². The molecule has 2 saturated carbocycles. The Kier molecular flexibility index (Phi) is 4.42. The highest BCUT2D eigenvalue weighted by Crippen LogP contribution is 2.50. The van der Waals surface area contributed by atoms with Gasteiger partial charge in [0.15, 0.2) is 0 Å². The molecule has 2 fully saturated rings. The van der Waals surface area contributed by atoms with E-state index in [0.29, 0.717) is 31.8 Å². The summed E-state index contributed by atoms with van der Waals surface area (Å²) in [6, 6.07) is 0. The van der Waals surface area contributed by atoms with E-state index in [4.69, 9.17) is 14.2 Å². The molecule has 0 unspecified atom stereocenters. The Morgan fingerprint density at radius 3 is 2.82 bits per heavy atom. The predicted octanol–water partition coefficient (Wildman–Crippen LogP) is 1.56. The van der Waals surface area contributed by atoms with E-state index in [1.54, 1.807) is 7.11 Å². The van der Waals surface area contributed by atoms with Crippen LogP contribution in [0.15, 0.2) is 0 Å². The van der Waals surface area contributed by atoms with Crippen LogP contribution < -0.4 is 0 Å². The normalized spacial score (nSPS) is 40.8. The molecule has 0 radical (unpaired) electrons. The molecular formula is C13H24O4. The molecule has 4 atom stereocenters. The van der Waals surface area contributed by atoms with Crippen LogP contribution in [0.5, 0.6) is 0 Å². The summed E-state index contributed by atoms with van der Waals surface area (Å²) < 4.78 is 16.0. The van der Waals surface area contributed by atoms with E-state index in [0.717, 1.165) is 25.7 Å². The third kappa shape index (κ3) is 2.99. The molecule has 0 amide bonds. The molecule has 0 aromatic carbocycles. The number of hydrogen-bond donors (Lipinski definition) is 1. The fourth-order valence-corrected chi connectivity index (χ4v) is 3.38. The Labute approximate surface area is 103 Å². The van der Waals surface area contributed by atoms with Crippen molar-refractivity contribution in [2.24, 2.45) is 11.8 Å². The second-order valence-corrected chi connectivity index (χ2v) is 5.47. The van der Waals surface area contributed by atoms with Crippen molar-refractivity contribution >= 4 is 0 Å². The van der Waals surface area contributed by atoms with Gasteiger partial charge in [-0.25, -0.2) is 0 Å². The minimum absolute atomic E-state index is 0.275. The number of rotatable bonds is 6. The molecule has 4 heteroatoms. The largest absolute Gasteiger partial charge is 0.390 e. The number of fused-ring (bicyclic) bond motifs is 1. The molecule has 2 rings (SSSR count). The van der Waals surface area contributed by atoms with Crippen molar-refractivity contribution in [1.29, 1.82) is 0 Å². The maximum atomic E-state index is 10.2. The van der Waals surface area contributed by atoms with Gasteiger partial charge in [0, 0.05) is 7.11 Å². The molecule has 0 bridgehead atoms. The molecule has 2 aliphatic rings. The van der Waals surface area contributed by atoms with Gasteiger partial charge in [0.25, 0.3) is 0 Å². The maximum Gasteiger partial charge on any atom is 0.147 e. The summed E-state index contributed by atoms with van der Waals surface area (Å²) in [6.07, 6.45) is 4.41. The molecule has 0 saturated heterocycles. The Balaban J connectivity index is 1.70. The van der Waals surface area contributed by atoms with Crippen molar-refractivity contribution in [3.8, 4) is 0 Å². The topological polar surface area (TPSA) is 47.9 Å². The lowest BCUT2D eigenvalue weighted by Crippen LogP contribution is -2.30. The number of aliphatic hydroxyl groups is 1. The minimum atomic E-state index is -0.473. The van der Waals surface area contributed by atoms with E-state index >= 15 is 0 Å². The molecule has 1 N–H and O–H groups in total. The highest BCUT2D eigenvalue weighted by atomic mass is 16.7. The molecule has 4 nitrogen and oxygen atoms in total. The van der Waals surface area contributed by atoms with Crippen molar-refractivity contribution in [3.05, 3.63) is 0 Å². The average molecular weight is 244 g/mol. The standard InChI is InChI=1S/C13H24O4/c1-13(14)6-5-10-11(13)3-4-12(10)17-9-16-8-7-15-2/h10-12,14H,3-9H2,1-2H3/t10-,11-,12-,13+/m0/s1. The summed E-state index contributed by atoms with van der Waals surface area (Å²) in [5, 5.41) is 10.2. The second kappa shape index (κ2) is 5.65. The van der Waals surface area contributed by atoms with Crippen molar-refractivity contribution in [2.75, 3.05) is 27.1 Å². The Morgan fingerprint density at radius 2 is 2.06 bits per heavy atom. The van der Waals surface area contributed by atoms with Gasteiger partial charge < -0.3 is 19.3 Å². The Morgan fingerprint density at radius 1 is 1.24 bits per heavy atom. The van der Waals surface area contributed by atoms with Crippen LogP contribution in [-0.2, 0) is 14.2 Å². The van der Waals surface area contributed by atoms with Gasteiger partial charge in [-0.15, -0.1) is 0 Å². The monoisotopic (exact) mass is 244 g/mol. The summed E-state index contributed by atoms with van der Waals surface area (Å²) in [5.41, 5.74) is -0.473. The molecule has 17 heavy (non-hydrogen) atoms. The third-order valence-corrected chi connectivity index (χ3v) is 4.34. The molecule has 0 aromatic rings. The lowest BCUT2D eigenvalue weighted by Gasteiger charge is -2.25. The smallest absolute Gasteiger partial charge is 0.147 e. The Hall–Kier alpha value is -0.160. The van der Waals surface area contributed by atoms with Crippen LogP contribution in [0.3, 0.4) is 0 Å². The maximum absolute atomic E-state index is 10.2. The molecule has 0 spiro atoms. The Bertz CT molecular complexity index is 242. The van der Waals surface area contributed by atoms with Crippen LogP contribution in [0.25, 0.3) is 0 Å². The second-order valence-electron chi connectivity index (χ2n) is 5.47. The van der Waals surface area contributed by atoms with Crippen LogP contribution in [0.4, 0.5) is 0 Å². The van der Waals surface area contributed by atoms with E-state index in [1.807, 2.05) is 6.92 Å². The van der Waals surface area contributed by atoms with Gasteiger partial charge in [0.05, 0.1) is 24.9 Å². The summed E-state index contributed by atoms with van der Waals surface area (Å²) in [6.45, 7) is 3.50. The summed E-state index contributed by atoms with van der Waals surface area (Å²) >= 11 is 0. The quantitative estimate of drug-likeness (QED) is 0.569. The van der Waals surface area contributed by atoms with E-state index in [2.05, 4.69) is 0 Å². The van der Waals surface area contributed by atoms with Crippen LogP contribution in [-0.4, -0.2) is 43.9 Å². The fraction of sp³-hybridized carbons (Fsp3) is 1.00. The summed E-state index contributed by atoms with van der Waals surface area (Å²) in [4.78, 5) is 0.